The van der Waals surface area contributed by atoms with Crippen molar-refractivity contribution < 1.29 is 19.5 Å². The largest absolute Gasteiger partial charge is 0.390 e. The van der Waals surface area contributed by atoms with Crippen LogP contribution < -0.4 is 5.32 Å². The van der Waals surface area contributed by atoms with Gasteiger partial charge in [-0.15, -0.1) is 0 Å². The maximum atomic E-state index is 13.3. The summed E-state index contributed by atoms with van der Waals surface area (Å²) in [5.74, 6) is 1.23. The second kappa shape index (κ2) is 9.56. The van der Waals surface area contributed by atoms with Crippen LogP contribution in [0.1, 0.15) is 48.0 Å². The molecule has 0 aliphatic heterocycles. The summed E-state index contributed by atoms with van der Waals surface area (Å²) in [5, 5.41) is 32.9. The number of aryl methyl sites for hydroxylation is 2. The highest BCUT2D eigenvalue weighted by Crippen LogP contribution is 2.25. The minimum atomic E-state index is -0.828. The molecule has 0 aliphatic carbocycles. The summed E-state index contributed by atoms with van der Waals surface area (Å²) in [5.41, 5.74) is 2.91. The molecule has 0 spiro atoms. The van der Waals surface area contributed by atoms with Gasteiger partial charge in [-0.25, -0.2) is 9.97 Å². The summed E-state index contributed by atoms with van der Waals surface area (Å²) >= 11 is 0. The number of fused-ring (bicyclic) bond motifs is 1. The minimum Gasteiger partial charge on any atom is -0.390 e. The second-order valence-electron chi connectivity index (χ2n) is 9.36. The summed E-state index contributed by atoms with van der Waals surface area (Å²) < 4.78 is 7.00. The molecule has 12 nitrogen and oxygen atoms in total. The highest BCUT2D eigenvalue weighted by Gasteiger charge is 2.18. The molecule has 0 fully saturated rings. The van der Waals surface area contributed by atoms with E-state index in [-0.39, 0.29) is 18.3 Å². The smallest absolute Gasteiger partial charge is 0.274 e. The molecule has 5 rings (SSSR count). The van der Waals surface area contributed by atoms with Crippen LogP contribution in [-0.4, -0.2) is 56.4 Å². The molecule has 37 heavy (non-hydrogen) atoms. The number of imidazole rings is 1. The molecule has 0 radical (unpaired) electrons. The van der Waals surface area contributed by atoms with Crippen molar-refractivity contribution >= 4 is 17.2 Å². The Balaban J connectivity index is 1.38. The van der Waals surface area contributed by atoms with Gasteiger partial charge >= 0.3 is 0 Å². The number of rotatable bonds is 8. The normalized spacial score (nSPS) is 11.8. The number of anilines is 1. The molecule has 0 unspecified atom stereocenters. The Morgan fingerprint density at radius 1 is 1.19 bits per heavy atom. The van der Waals surface area contributed by atoms with E-state index in [1.165, 1.54) is 6.20 Å². The highest BCUT2D eigenvalue weighted by atomic mass is 16.5. The second-order valence-corrected chi connectivity index (χ2v) is 9.36. The average molecular weight is 503 g/mol. The Morgan fingerprint density at radius 2 is 2.00 bits per heavy atom. The molecule has 1 amide bonds. The molecule has 0 aliphatic rings. The summed E-state index contributed by atoms with van der Waals surface area (Å²) in [6.45, 7) is 5.07. The monoisotopic (exact) mass is 502 g/mol. The van der Waals surface area contributed by atoms with Gasteiger partial charge in [0, 0.05) is 29.4 Å². The van der Waals surface area contributed by atoms with E-state index < -0.39 is 5.60 Å². The lowest BCUT2D eigenvalue weighted by molar-refractivity contribution is 0.0689. The van der Waals surface area contributed by atoms with E-state index in [1.807, 2.05) is 19.1 Å². The Hall–Kier alpha value is -4.42. The highest BCUT2D eigenvalue weighted by molar-refractivity contribution is 6.04. The van der Waals surface area contributed by atoms with Crippen LogP contribution in [0.25, 0.3) is 28.4 Å². The first kappa shape index (κ1) is 24.3. The molecule has 4 heterocycles. The number of aromatic amines is 1. The Labute approximate surface area is 211 Å². The number of hydrogen-bond donors (Lipinski definition) is 4. The SMILES string of the molecule is Cc1ccc(-c2noc(CCC(C)(C)O)n2)cc1NC(=O)c1cnc2ccc(-c3nc(CO)n[nH]3)cn12. The first-order valence-corrected chi connectivity index (χ1v) is 11.7. The number of pyridine rings is 1. The molecule has 0 atom stereocenters. The zero-order valence-corrected chi connectivity index (χ0v) is 20.6. The van der Waals surface area contributed by atoms with Gasteiger partial charge in [-0.3, -0.25) is 14.3 Å². The van der Waals surface area contributed by atoms with E-state index in [9.17, 15) is 15.0 Å². The Morgan fingerprint density at radius 3 is 2.76 bits per heavy atom. The van der Waals surface area contributed by atoms with E-state index in [0.29, 0.717) is 58.5 Å². The van der Waals surface area contributed by atoms with Crippen molar-refractivity contribution in [3.8, 4) is 22.8 Å². The maximum absolute atomic E-state index is 13.3. The number of benzene rings is 1. The number of H-pyrrole nitrogens is 1. The molecule has 12 heteroatoms. The number of carbonyl (C=O) groups is 1. The van der Waals surface area contributed by atoms with Gasteiger partial charge in [0.05, 0.1) is 11.8 Å². The fraction of sp³-hybridized carbons (Fsp3) is 0.280. The Bertz CT molecular complexity index is 1580. The first-order valence-electron chi connectivity index (χ1n) is 11.7. The van der Waals surface area contributed by atoms with Crippen LogP contribution >= 0.6 is 0 Å². The topological polar surface area (TPSA) is 167 Å². The molecule has 4 aromatic heterocycles. The number of nitrogens with zero attached hydrogens (tertiary/aromatic N) is 6. The summed E-state index contributed by atoms with van der Waals surface area (Å²) in [6, 6.07) is 9.09. The van der Waals surface area contributed by atoms with E-state index >= 15 is 0 Å². The van der Waals surface area contributed by atoms with Crippen LogP contribution in [0.2, 0.25) is 0 Å². The van der Waals surface area contributed by atoms with Crippen molar-refractivity contribution in [1.82, 2.24) is 34.7 Å². The van der Waals surface area contributed by atoms with Crippen LogP contribution in [0, 0.1) is 6.92 Å². The van der Waals surface area contributed by atoms with E-state index in [2.05, 4.69) is 35.6 Å². The van der Waals surface area contributed by atoms with Gasteiger partial charge < -0.3 is 20.1 Å². The number of aliphatic hydroxyl groups is 2. The van der Waals surface area contributed by atoms with E-state index in [1.54, 1.807) is 42.6 Å². The molecule has 0 saturated carbocycles. The predicted molar refractivity (Wildman–Crippen MR) is 134 cm³/mol. The zero-order valence-electron chi connectivity index (χ0n) is 20.6. The fourth-order valence-corrected chi connectivity index (χ4v) is 3.75. The van der Waals surface area contributed by atoms with Crippen molar-refractivity contribution in [3.05, 3.63) is 65.7 Å². The molecule has 190 valence electrons. The van der Waals surface area contributed by atoms with Gasteiger partial charge in [0.2, 0.25) is 11.7 Å². The third-order valence-electron chi connectivity index (χ3n) is 5.85. The third-order valence-corrected chi connectivity index (χ3v) is 5.85. The standard InChI is InChI=1S/C25H26N8O4/c1-14-4-5-15(23-29-21(37-32-23)8-9-25(2,3)36)10-17(14)27-24(35)18-11-26-20-7-6-16(12-33(18)20)22-28-19(13-34)30-31-22/h4-7,10-12,34,36H,8-9,13H2,1-3H3,(H,27,35)(H,28,30,31). The molecule has 4 N–H and O–H groups in total. The number of aromatic nitrogens is 7. The van der Waals surface area contributed by atoms with Crippen molar-refractivity contribution in [1.29, 1.82) is 0 Å². The summed E-state index contributed by atoms with van der Waals surface area (Å²) in [6.07, 6.45) is 4.18. The number of aliphatic hydroxyl groups excluding tert-OH is 1. The average Bonchev–Trinajstić information content (AvgIpc) is 3.62. The first-order chi connectivity index (χ1) is 17.7. The van der Waals surface area contributed by atoms with Crippen molar-refractivity contribution in [2.45, 2.75) is 45.8 Å². The third kappa shape index (κ3) is 5.25. The quantitative estimate of drug-likeness (QED) is 0.249. The van der Waals surface area contributed by atoms with Crippen molar-refractivity contribution in [2.75, 3.05) is 5.32 Å². The molecule has 5 aromatic rings. The van der Waals surface area contributed by atoms with Crippen LogP contribution in [0.5, 0.6) is 0 Å². The zero-order chi connectivity index (χ0) is 26.2. The summed E-state index contributed by atoms with van der Waals surface area (Å²) in [7, 11) is 0. The molecule has 0 saturated heterocycles. The number of nitrogens with one attached hydrogen (secondary N) is 2. The van der Waals surface area contributed by atoms with Crippen LogP contribution in [0.4, 0.5) is 5.69 Å². The molecular weight excluding hydrogens is 476 g/mol. The number of amides is 1. The van der Waals surface area contributed by atoms with Crippen LogP contribution in [0.3, 0.4) is 0 Å². The van der Waals surface area contributed by atoms with Gasteiger partial charge in [-0.1, -0.05) is 17.3 Å². The summed E-state index contributed by atoms with van der Waals surface area (Å²) in [4.78, 5) is 26.2. The molecule has 0 bridgehead atoms. The number of carbonyl (C=O) groups excluding carboxylic acids is 1. The van der Waals surface area contributed by atoms with E-state index in [0.717, 1.165) is 5.56 Å². The molecule has 1 aromatic carbocycles. The lowest BCUT2D eigenvalue weighted by Gasteiger charge is -2.14. The predicted octanol–water partition coefficient (Wildman–Crippen LogP) is 2.93. The lowest BCUT2D eigenvalue weighted by Crippen LogP contribution is -2.19. The number of hydrogen-bond acceptors (Lipinski definition) is 9. The fourth-order valence-electron chi connectivity index (χ4n) is 3.75. The van der Waals surface area contributed by atoms with Crippen molar-refractivity contribution in [2.24, 2.45) is 0 Å². The van der Waals surface area contributed by atoms with E-state index in [4.69, 9.17) is 4.52 Å². The van der Waals surface area contributed by atoms with Crippen molar-refractivity contribution in [3.63, 3.8) is 0 Å². The van der Waals surface area contributed by atoms with Gasteiger partial charge in [0.25, 0.3) is 5.91 Å². The van der Waals surface area contributed by atoms with Crippen LogP contribution in [0.15, 0.2) is 47.2 Å². The lowest BCUT2D eigenvalue weighted by atomic mass is 10.0. The molecular formula is C25H26N8O4. The van der Waals surface area contributed by atoms with Crippen LogP contribution in [-0.2, 0) is 13.0 Å². The van der Waals surface area contributed by atoms with Gasteiger partial charge in [-0.05, 0) is 51.0 Å². The van der Waals surface area contributed by atoms with Gasteiger partial charge in [-0.2, -0.15) is 10.1 Å². The Kier molecular flexibility index (Phi) is 6.27. The van der Waals surface area contributed by atoms with Gasteiger partial charge in [0.1, 0.15) is 17.9 Å². The van der Waals surface area contributed by atoms with Gasteiger partial charge in [0.15, 0.2) is 11.6 Å². The maximum Gasteiger partial charge on any atom is 0.274 e. The minimum absolute atomic E-state index is 0.276.